The summed E-state index contributed by atoms with van der Waals surface area (Å²) >= 11 is 0. The van der Waals surface area contributed by atoms with Crippen molar-refractivity contribution in [2.45, 2.75) is 53.2 Å². The zero-order valence-electron chi connectivity index (χ0n) is 9.83. The minimum Gasteiger partial charge on any atom is -0.329 e. The normalized spacial score (nSPS) is 11.6. The molecule has 0 aliphatic rings. The van der Waals surface area contributed by atoms with Crippen LogP contribution in [-0.2, 0) is 6.54 Å². The molecule has 0 radical (unpaired) electrons. The summed E-state index contributed by atoms with van der Waals surface area (Å²) in [5, 5.41) is 3.39. The third-order valence-electron chi connectivity index (χ3n) is 2.24. The Bertz CT molecular complexity index is 287. The van der Waals surface area contributed by atoms with Crippen LogP contribution in [0.2, 0.25) is 0 Å². The van der Waals surface area contributed by atoms with Gasteiger partial charge in [-0.2, -0.15) is 0 Å². The number of imidazole rings is 1. The highest BCUT2D eigenvalue weighted by molar-refractivity contribution is 5.04. The summed E-state index contributed by atoms with van der Waals surface area (Å²) in [6, 6.07) is 0.995. The lowest BCUT2D eigenvalue weighted by Gasteiger charge is -2.15. The first-order chi connectivity index (χ1) is 6.52. The molecule has 1 heterocycles. The SMILES string of the molecule is Cc1cnc(CNC(C)C)n1C(C)C. The van der Waals surface area contributed by atoms with Gasteiger partial charge in [0.2, 0.25) is 0 Å². The van der Waals surface area contributed by atoms with Crippen LogP contribution in [0.15, 0.2) is 6.20 Å². The van der Waals surface area contributed by atoms with Gasteiger partial charge in [0.15, 0.2) is 0 Å². The van der Waals surface area contributed by atoms with Crippen LogP contribution in [0.25, 0.3) is 0 Å². The second kappa shape index (κ2) is 4.60. The average molecular weight is 195 g/mol. The fourth-order valence-electron chi connectivity index (χ4n) is 1.63. The topological polar surface area (TPSA) is 29.9 Å². The quantitative estimate of drug-likeness (QED) is 0.798. The van der Waals surface area contributed by atoms with Crippen LogP contribution in [-0.4, -0.2) is 15.6 Å². The second-order valence-electron chi connectivity index (χ2n) is 4.32. The lowest BCUT2D eigenvalue weighted by molar-refractivity contribution is 0.509. The lowest BCUT2D eigenvalue weighted by atomic mass is 10.3. The number of rotatable bonds is 4. The van der Waals surface area contributed by atoms with E-state index in [9.17, 15) is 0 Å². The molecule has 1 aromatic rings. The largest absolute Gasteiger partial charge is 0.329 e. The summed E-state index contributed by atoms with van der Waals surface area (Å²) in [4.78, 5) is 4.41. The van der Waals surface area contributed by atoms with Crippen molar-refractivity contribution in [3.05, 3.63) is 17.7 Å². The number of aromatic nitrogens is 2. The molecule has 0 unspecified atom stereocenters. The minimum atomic E-state index is 0.487. The molecular weight excluding hydrogens is 174 g/mol. The van der Waals surface area contributed by atoms with Gasteiger partial charge in [0.05, 0.1) is 6.54 Å². The number of aryl methyl sites for hydroxylation is 1. The van der Waals surface area contributed by atoms with E-state index in [1.165, 1.54) is 5.69 Å². The fraction of sp³-hybridized carbons (Fsp3) is 0.727. The van der Waals surface area contributed by atoms with Crippen LogP contribution in [0.4, 0.5) is 0 Å². The van der Waals surface area contributed by atoms with Crippen molar-refractivity contribution in [2.75, 3.05) is 0 Å². The summed E-state index contributed by atoms with van der Waals surface area (Å²) in [6.45, 7) is 11.6. The summed E-state index contributed by atoms with van der Waals surface area (Å²) in [5.74, 6) is 1.13. The zero-order chi connectivity index (χ0) is 10.7. The van der Waals surface area contributed by atoms with Crippen LogP contribution in [0.1, 0.15) is 45.3 Å². The molecule has 1 rings (SSSR count). The van der Waals surface area contributed by atoms with Crippen LogP contribution in [0, 0.1) is 6.92 Å². The summed E-state index contributed by atoms with van der Waals surface area (Å²) in [7, 11) is 0. The molecule has 14 heavy (non-hydrogen) atoms. The van der Waals surface area contributed by atoms with Crippen LogP contribution >= 0.6 is 0 Å². The van der Waals surface area contributed by atoms with E-state index in [4.69, 9.17) is 0 Å². The van der Waals surface area contributed by atoms with Crippen LogP contribution < -0.4 is 5.32 Å². The van der Waals surface area contributed by atoms with E-state index in [-0.39, 0.29) is 0 Å². The number of nitrogens with one attached hydrogen (secondary N) is 1. The fourth-order valence-corrected chi connectivity index (χ4v) is 1.63. The van der Waals surface area contributed by atoms with E-state index in [1.807, 2.05) is 6.20 Å². The Morgan fingerprint density at radius 2 is 2.00 bits per heavy atom. The molecule has 3 nitrogen and oxygen atoms in total. The van der Waals surface area contributed by atoms with Crippen molar-refractivity contribution in [1.82, 2.24) is 14.9 Å². The molecule has 0 amide bonds. The molecule has 0 atom stereocenters. The van der Waals surface area contributed by atoms with Gasteiger partial charge in [0, 0.05) is 24.0 Å². The van der Waals surface area contributed by atoms with Gasteiger partial charge in [-0.3, -0.25) is 0 Å². The van der Waals surface area contributed by atoms with Gasteiger partial charge >= 0.3 is 0 Å². The maximum atomic E-state index is 4.41. The Kier molecular flexibility index (Phi) is 3.69. The maximum absolute atomic E-state index is 4.41. The first-order valence-electron chi connectivity index (χ1n) is 5.28. The molecule has 0 spiro atoms. The van der Waals surface area contributed by atoms with Crippen molar-refractivity contribution in [3.8, 4) is 0 Å². The molecule has 0 aliphatic carbocycles. The third kappa shape index (κ3) is 2.58. The van der Waals surface area contributed by atoms with E-state index in [0.29, 0.717) is 12.1 Å². The van der Waals surface area contributed by atoms with Gasteiger partial charge < -0.3 is 9.88 Å². The van der Waals surface area contributed by atoms with Crippen molar-refractivity contribution in [3.63, 3.8) is 0 Å². The van der Waals surface area contributed by atoms with E-state index in [1.54, 1.807) is 0 Å². The van der Waals surface area contributed by atoms with Crippen molar-refractivity contribution in [1.29, 1.82) is 0 Å². The minimum absolute atomic E-state index is 0.487. The lowest BCUT2D eigenvalue weighted by Crippen LogP contribution is -2.24. The maximum Gasteiger partial charge on any atom is 0.123 e. The molecule has 3 heteroatoms. The van der Waals surface area contributed by atoms with E-state index in [2.05, 4.69) is 49.5 Å². The Labute approximate surface area is 86.5 Å². The number of nitrogens with zero attached hydrogens (tertiary/aromatic N) is 2. The van der Waals surface area contributed by atoms with Crippen LogP contribution in [0.5, 0.6) is 0 Å². The number of hydrogen-bond acceptors (Lipinski definition) is 2. The Balaban J connectivity index is 2.76. The van der Waals surface area contributed by atoms with Gasteiger partial charge in [0.1, 0.15) is 5.82 Å². The van der Waals surface area contributed by atoms with Gasteiger partial charge in [-0.15, -0.1) is 0 Å². The first-order valence-corrected chi connectivity index (χ1v) is 5.28. The predicted molar refractivity (Wildman–Crippen MR) is 59.3 cm³/mol. The average Bonchev–Trinajstić information content (AvgIpc) is 2.43. The van der Waals surface area contributed by atoms with Crippen LogP contribution in [0.3, 0.4) is 0 Å². The molecule has 0 bridgehead atoms. The highest BCUT2D eigenvalue weighted by Crippen LogP contribution is 2.12. The van der Waals surface area contributed by atoms with Gasteiger partial charge in [-0.1, -0.05) is 13.8 Å². The second-order valence-corrected chi connectivity index (χ2v) is 4.32. The van der Waals surface area contributed by atoms with Crippen molar-refractivity contribution in [2.24, 2.45) is 0 Å². The van der Waals surface area contributed by atoms with Gasteiger partial charge in [-0.25, -0.2) is 4.98 Å². The van der Waals surface area contributed by atoms with Crippen molar-refractivity contribution < 1.29 is 0 Å². The molecule has 0 aliphatic heterocycles. The van der Waals surface area contributed by atoms with E-state index < -0.39 is 0 Å². The molecule has 0 saturated heterocycles. The molecule has 0 aromatic carbocycles. The first kappa shape index (κ1) is 11.2. The summed E-state index contributed by atoms with van der Waals surface area (Å²) in [5.41, 5.74) is 1.24. The van der Waals surface area contributed by atoms with Gasteiger partial charge in [0.25, 0.3) is 0 Å². The zero-order valence-corrected chi connectivity index (χ0v) is 9.83. The Morgan fingerprint density at radius 3 is 2.50 bits per heavy atom. The van der Waals surface area contributed by atoms with E-state index in [0.717, 1.165) is 12.4 Å². The molecule has 1 N–H and O–H groups in total. The monoisotopic (exact) mass is 195 g/mol. The summed E-state index contributed by atoms with van der Waals surface area (Å²) in [6.07, 6.45) is 1.94. The Morgan fingerprint density at radius 1 is 1.36 bits per heavy atom. The molecule has 0 fully saturated rings. The van der Waals surface area contributed by atoms with E-state index >= 15 is 0 Å². The third-order valence-corrected chi connectivity index (χ3v) is 2.24. The smallest absolute Gasteiger partial charge is 0.123 e. The van der Waals surface area contributed by atoms with Crippen molar-refractivity contribution >= 4 is 0 Å². The predicted octanol–water partition coefficient (Wildman–Crippen LogP) is 2.27. The highest BCUT2D eigenvalue weighted by atomic mass is 15.1. The highest BCUT2D eigenvalue weighted by Gasteiger charge is 2.09. The standard InChI is InChI=1S/C11H21N3/c1-8(2)12-7-11-13-6-10(5)14(11)9(3)4/h6,8-9,12H,7H2,1-5H3. The molecular formula is C11H21N3. The van der Waals surface area contributed by atoms with Gasteiger partial charge in [-0.05, 0) is 20.8 Å². The number of hydrogen-bond donors (Lipinski definition) is 1. The Hall–Kier alpha value is -0.830. The molecule has 0 saturated carbocycles. The summed E-state index contributed by atoms with van der Waals surface area (Å²) < 4.78 is 2.27. The molecule has 80 valence electrons. The molecule has 1 aromatic heterocycles.